The van der Waals surface area contributed by atoms with Gasteiger partial charge in [0, 0.05) is 30.1 Å². The smallest absolute Gasteiger partial charge is 0.408 e. The summed E-state index contributed by atoms with van der Waals surface area (Å²) in [5.74, 6) is -0.176. The first-order chi connectivity index (χ1) is 15.1. The number of amides is 3. The minimum atomic E-state index is -0.917. The Morgan fingerprint density at radius 2 is 2.06 bits per heavy atom. The van der Waals surface area contributed by atoms with Crippen LogP contribution in [0.1, 0.15) is 46.1 Å². The summed E-state index contributed by atoms with van der Waals surface area (Å²) in [7, 11) is 0. The van der Waals surface area contributed by atoms with Gasteiger partial charge in [0.1, 0.15) is 23.4 Å². The highest BCUT2D eigenvalue weighted by atomic mass is 16.6. The van der Waals surface area contributed by atoms with E-state index in [0.29, 0.717) is 26.0 Å². The van der Waals surface area contributed by atoms with E-state index >= 15 is 0 Å². The molecule has 0 spiro atoms. The zero-order valence-corrected chi connectivity index (χ0v) is 19.1. The first kappa shape index (κ1) is 23.4. The van der Waals surface area contributed by atoms with Crippen LogP contribution in [0.2, 0.25) is 0 Å². The molecule has 4 N–H and O–H groups in total. The van der Waals surface area contributed by atoms with Crippen LogP contribution in [0.15, 0.2) is 24.4 Å². The molecule has 174 valence electrons. The van der Waals surface area contributed by atoms with Gasteiger partial charge in [0.25, 0.3) is 0 Å². The number of hydrogen-bond donors (Lipinski definition) is 3. The number of ether oxygens (including phenoxy) is 2. The molecule has 2 atom stereocenters. The SMILES string of the molecule is CCOc1ccc2[nH]cc(C[C@H](NC(=O)OC(C)(C)C)C(=O)N3CCC[C@H]3C(N)=O)c2c1. The number of primary amides is 1. The van der Waals surface area contributed by atoms with Gasteiger partial charge in [0.15, 0.2) is 0 Å². The Bertz CT molecular complexity index is 994. The molecule has 1 aliphatic heterocycles. The summed E-state index contributed by atoms with van der Waals surface area (Å²) in [4.78, 5) is 42.4. The van der Waals surface area contributed by atoms with E-state index in [9.17, 15) is 14.4 Å². The summed E-state index contributed by atoms with van der Waals surface area (Å²) < 4.78 is 11.0. The fraction of sp³-hybridized carbons (Fsp3) is 0.522. The van der Waals surface area contributed by atoms with Crippen molar-refractivity contribution in [2.45, 2.75) is 64.6 Å². The lowest BCUT2D eigenvalue weighted by Gasteiger charge is -2.28. The Kier molecular flexibility index (Phi) is 6.96. The van der Waals surface area contributed by atoms with E-state index in [1.165, 1.54) is 4.90 Å². The second-order valence-electron chi connectivity index (χ2n) is 8.95. The molecule has 3 rings (SSSR count). The number of aromatic amines is 1. The molecule has 0 unspecified atom stereocenters. The Morgan fingerprint density at radius 3 is 2.72 bits per heavy atom. The van der Waals surface area contributed by atoms with Crippen molar-refractivity contribution in [2.75, 3.05) is 13.2 Å². The Hall–Kier alpha value is -3.23. The maximum Gasteiger partial charge on any atom is 0.408 e. The van der Waals surface area contributed by atoms with Crippen molar-refractivity contribution in [1.82, 2.24) is 15.2 Å². The van der Waals surface area contributed by atoms with Gasteiger partial charge in [-0.2, -0.15) is 0 Å². The molecule has 0 saturated carbocycles. The van der Waals surface area contributed by atoms with Gasteiger partial charge in [-0.25, -0.2) is 4.79 Å². The van der Waals surface area contributed by atoms with Gasteiger partial charge in [-0.3, -0.25) is 9.59 Å². The topological polar surface area (TPSA) is 127 Å². The molecule has 1 saturated heterocycles. The van der Waals surface area contributed by atoms with Gasteiger partial charge < -0.3 is 30.4 Å². The fourth-order valence-corrected chi connectivity index (χ4v) is 3.98. The number of carbonyl (C=O) groups is 3. The minimum absolute atomic E-state index is 0.218. The Balaban J connectivity index is 1.89. The highest BCUT2D eigenvalue weighted by Crippen LogP contribution is 2.26. The fourth-order valence-electron chi connectivity index (χ4n) is 3.98. The van der Waals surface area contributed by atoms with Crippen LogP contribution in [0, 0.1) is 0 Å². The molecule has 1 aromatic carbocycles. The lowest BCUT2D eigenvalue weighted by Crippen LogP contribution is -2.54. The van der Waals surface area contributed by atoms with E-state index in [1.807, 2.05) is 31.3 Å². The standard InChI is InChI=1S/C23H32N4O5/c1-5-31-15-8-9-17-16(12-15)14(13-25-17)11-18(26-22(30)32-23(2,3)4)21(29)27-10-6-7-19(27)20(24)28/h8-9,12-13,18-19,25H,5-7,10-11H2,1-4H3,(H2,24,28)(H,26,30)/t18-,19-/m0/s1. The van der Waals surface area contributed by atoms with Crippen LogP contribution >= 0.6 is 0 Å². The predicted molar refractivity (Wildman–Crippen MR) is 120 cm³/mol. The number of carbonyl (C=O) groups excluding carboxylic acids is 3. The molecule has 0 radical (unpaired) electrons. The zero-order valence-electron chi connectivity index (χ0n) is 19.1. The molecule has 32 heavy (non-hydrogen) atoms. The van der Waals surface area contributed by atoms with Crippen molar-refractivity contribution in [3.05, 3.63) is 30.0 Å². The highest BCUT2D eigenvalue weighted by Gasteiger charge is 2.37. The van der Waals surface area contributed by atoms with Crippen LogP contribution in [0.4, 0.5) is 4.79 Å². The molecular weight excluding hydrogens is 412 g/mol. The number of nitrogens with zero attached hydrogens (tertiary/aromatic N) is 1. The van der Waals surface area contributed by atoms with Gasteiger partial charge in [-0.05, 0) is 64.3 Å². The second-order valence-corrected chi connectivity index (χ2v) is 8.95. The van der Waals surface area contributed by atoms with Crippen LogP contribution in [-0.4, -0.2) is 58.6 Å². The van der Waals surface area contributed by atoms with Gasteiger partial charge in [0.2, 0.25) is 11.8 Å². The number of fused-ring (bicyclic) bond motifs is 1. The molecule has 2 aromatic rings. The van der Waals surface area contributed by atoms with E-state index in [4.69, 9.17) is 15.2 Å². The predicted octanol–water partition coefficient (Wildman–Crippen LogP) is 2.48. The zero-order chi connectivity index (χ0) is 23.5. The number of alkyl carbamates (subject to hydrolysis) is 1. The van der Waals surface area contributed by atoms with Crippen LogP contribution < -0.4 is 15.8 Å². The average molecular weight is 445 g/mol. The second kappa shape index (κ2) is 9.50. The quantitative estimate of drug-likeness (QED) is 0.605. The number of aromatic nitrogens is 1. The van der Waals surface area contributed by atoms with E-state index in [-0.39, 0.29) is 12.3 Å². The first-order valence-electron chi connectivity index (χ1n) is 10.9. The number of hydrogen-bond acceptors (Lipinski definition) is 5. The largest absolute Gasteiger partial charge is 0.494 e. The van der Waals surface area contributed by atoms with E-state index in [2.05, 4.69) is 10.3 Å². The molecule has 9 heteroatoms. The van der Waals surface area contributed by atoms with Crippen molar-refractivity contribution in [2.24, 2.45) is 5.73 Å². The van der Waals surface area contributed by atoms with Crippen LogP contribution in [-0.2, 0) is 20.7 Å². The van der Waals surface area contributed by atoms with Gasteiger partial charge in [-0.1, -0.05) is 0 Å². The third kappa shape index (κ3) is 5.52. The number of nitrogens with two attached hydrogens (primary N) is 1. The van der Waals surface area contributed by atoms with Gasteiger partial charge in [0.05, 0.1) is 6.61 Å². The summed E-state index contributed by atoms with van der Waals surface area (Å²) in [6, 6.07) is 4.10. The molecule has 1 aliphatic rings. The molecule has 1 aromatic heterocycles. The molecule has 3 amide bonds. The van der Waals surface area contributed by atoms with Crippen molar-refractivity contribution < 1.29 is 23.9 Å². The number of nitrogens with one attached hydrogen (secondary N) is 2. The van der Waals surface area contributed by atoms with Gasteiger partial charge in [-0.15, -0.1) is 0 Å². The maximum absolute atomic E-state index is 13.4. The lowest BCUT2D eigenvalue weighted by molar-refractivity contribution is -0.139. The monoisotopic (exact) mass is 444 g/mol. The van der Waals surface area contributed by atoms with Crippen molar-refractivity contribution in [3.8, 4) is 5.75 Å². The molecule has 2 heterocycles. The normalized spacial score (nSPS) is 17.2. The van der Waals surface area contributed by atoms with Crippen molar-refractivity contribution >= 4 is 28.8 Å². The Morgan fingerprint density at radius 1 is 1.31 bits per heavy atom. The molecular formula is C23H32N4O5. The minimum Gasteiger partial charge on any atom is -0.494 e. The number of H-pyrrole nitrogens is 1. The van der Waals surface area contributed by atoms with Crippen molar-refractivity contribution in [1.29, 1.82) is 0 Å². The summed E-state index contributed by atoms with van der Waals surface area (Å²) in [6.45, 7) is 8.12. The Labute approximate surface area is 187 Å². The molecule has 9 nitrogen and oxygen atoms in total. The molecule has 1 fully saturated rings. The highest BCUT2D eigenvalue weighted by molar-refractivity contribution is 5.92. The van der Waals surface area contributed by atoms with Crippen LogP contribution in [0.5, 0.6) is 5.75 Å². The van der Waals surface area contributed by atoms with Crippen LogP contribution in [0.25, 0.3) is 10.9 Å². The van der Waals surface area contributed by atoms with E-state index in [0.717, 1.165) is 22.2 Å². The van der Waals surface area contributed by atoms with Crippen LogP contribution in [0.3, 0.4) is 0 Å². The summed E-state index contributed by atoms with van der Waals surface area (Å²) >= 11 is 0. The summed E-state index contributed by atoms with van der Waals surface area (Å²) in [5, 5.41) is 3.60. The third-order valence-electron chi connectivity index (χ3n) is 5.33. The van der Waals surface area contributed by atoms with E-state index < -0.39 is 29.7 Å². The first-order valence-corrected chi connectivity index (χ1v) is 10.9. The number of benzene rings is 1. The third-order valence-corrected chi connectivity index (χ3v) is 5.33. The summed E-state index contributed by atoms with van der Waals surface area (Å²) in [6.07, 6.45) is 2.54. The summed E-state index contributed by atoms with van der Waals surface area (Å²) in [5.41, 5.74) is 6.52. The van der Waals surface area contributed by atoms with Crippen molar-refractivity contribution in [3.63, 3.8) is 0 Å². The number of rotatable bonds is 7. The molecule has 0 aliphatic carbocycles. The average Bonchev–Trinajstić information content (AvgIpc) is 3.33. The van der Waals surface area contributed by atoms with E-state index in [1.54, 1.807) is 20.8 Å². The number of likely N-dealkylation sites (tertiary alicyclic amines) is 1. The maximum atomic E-state index is 13.4. The molecule has 0 bridgehead atoms. The lowest BCUT2D eigenvalue weighted by atomic mass is 10.0. The van der Waals surface area contributed by atoms with Gasteiger partial charge >= 0.3 is 6.09 Å².